The maximum absolute atomic E-state index is 12.8. The van der Waals surface area contributed by atoms with E-state index in [4.69, 9.17) is 0 Å². The van der Waals surface area contributed by atoms with Crippen molar-refractivity contribution in [2.45, 2.75) is 50.7 Å². The Balaban J connectivity index is 2.17. The van der Waals surface area contributed by atoms with E-state index in [0.717, 1.165) is 11.4 Å². The van der Waals surface area contributed by atoms with Crippen molar-refractivity contribution in [2.24, 2.45) is 0 Å². The number of alkyl halides is 3. The molecule has 2 saturated heterocycles. The summed E-state index contributed by atoms with van der Waals surface area (Å²) < 4.78 is 42.0. The molecule has 2 aliphatic heterocycles. The van der Waals surface area contributed by atoms with Gasteiger partial charge in [-0.05, 0) is 20.3 Å². The van der Waals surface area contributed by atoms with Crippen LogP contribution in [-0.4, -0.2) is 71.8 Å². The van der Waals surface area contributed by atoms with Gasteiger partial charge in [-0.15, -0.1) is 0 Å². The van der Waals surface area contributed by atoms with Gasteiger partial charge in [-0.2, -0.15) is 18.4 Å². The van der Waals surface area contributed by atoms with Crippen LogP contribution in [-0.2, 0) is 14.3 Å². The van der Waals surface area contributed by atoms with Gasteiger partial charge in [0.15, 0.2) is 0 Å². The molecule has 2 heterocycles. The summed E-state index contributed by atoms with van der Waals surface area (Å²) in [5.41, 5.74) is -2.20. The predicted molar refractivity (Wildman–Crippen MR) is 79.9 cm³/mol. The Morgan fingerprint density at radius 2 is 2.04 bits per heavy atom. The zero-order chi connectivity index (χ0) is 18.8. The number of nitriles is 1. The lowest BCUT2D eigenvalue weighted by Gasteiger charge is -2.39. The first-order valence-electron chi connectivity index (χ1n) is 8.11. The van der Waals surface area contributed by atoms with Crippen LogP contribution in [0.3, 0.4) is 0 Å². The molecule has 2 aliphatic rings. The highest BCUT2D eigenvalue weighted by atomic mass is 19.4. The molecule has 10 heteroatoms. The number of amides is 1. The van der Waals surface area contributed by atoms with Gasteiger partial charge >= 0.3 is 12.1 Å². The third-order valence-corrected chi connectivity index (χ3v) is 4.50. The van der Waals surface area contributed by atoms with E-state index in [1.807, 2.05) is 13.8 Å². The second-order valence-electron chi connectivity index (χ2n) is 6.47. The van der Waals surface area contributed by atoms with Crippen molar-refractivity contribution in [3.63, 3.8) is 0 Å². The molecule has 2 fully saturated rings. The van der Waals surface area contributed by atoms with E-state index < -0.39 is 29.8 Å². The van der Waals surface area contributed by atoms with Crippen LogP contribution in [0.2, 0.25) is 0 Å². The highest BCUT2D eigenvalue weighted by Crippen LogP contribution is 2.33. The third kappa shape index (κ3) is 4.04. The number of rotatable bonds is 3. The molecule has 1 amide bonds. The van der Waals surface area contributed by atoms with Crippen LogP contribution >= 0.6 is 0 Å². The number of esters is 1. The normalized spacial score (nSPS) is 28.0. The Labute approximate surface area is 143 Å². The Bertz CT molecular complexity index is 575. The summed E-state index contributed by atoms with van der Waals surface area (Å²) in [6, 6.07) is 1.15. The minimum atomic E-state index is -5.22. The van der Waals surface area contributed by atoms with Crippen molar-refractivity contribution in [3.8, 4) is 6.07 Å². The third-order valence-electron chi connectivity index (χ3n) is 4.50. The number of nitrogens with one attached hydrogen (secondary N) is 1. The highest BCUT2D eigenvalue weighted by molar-refractivity contribution is 5.84. The van der Waals surface area contributed by atoms with Gasteiger partial charge in [-0.1, -0.05) is 0 Å². The summed E-state index contributed by atoms with van der Waals surface area (Å²) in [4.78, 5) is 27.0. The first-order valence-corrected chi connectivity index (χ1v) is 8.11. The molecule has 0 spiro atoms. The van der Waals surface area contributed by atoms with Gasteiger partial charge < -0.3 is 10.1 Å². The molecule has 140 valence electrons. The zero-order valence-electron chi connectivity index (χ0n) is 14.1. The molecule has 1 N–H and O–H groups in total. The van der Waals surface area contributed by atoms with Crippen LogP contribution in [0.4, 0.5) is 13.2 Å². The lowest BCUT2D eigenvalue weighted by molar-refractivity contribution is -0.219. The maximum atomic E-state index is 12.8. The predicted octanol–water partition coefficient (Wildman–Crippen LogP) is 0.616. The van der Waals surface area contributed by atoms with Crippen LogP contribution in [0, 0.1) is 11.3 Å². The standard InChI is InChI=1S/C15H21F3N4O3/c1-10(2)21-7-5-20-11(8-21)12(23)22-6-3-4-14(22,9-19)25-13(24)15(16,17)18/h10-11,20H,3-8H2,1-2H3. The first-order chi connectivity index (χ1) is 11.6. The molecule has 0 radical (unpaired) electrons. The Morgan fingerprint density at radius 3 is 2.60 bits per heavy atom. The van der Waals surface area contributed by atoms with E-state index in [2.05, 4.69) is 15.0 Å². The Kier molecular flexibility index (Phi) is 5.58. The first kappa shape index (κ1) is 19.5. The monoisotopic (exact) mass is 362 g/mol. The largest absolute Gasteiger partial charge is 0.491 e. The zero-order valence-corrected chi connectivity index (χ0v) is 14.1. The van der Waals surface area contributed by atoms with Crippen molar-refractivity contribution < 1.29 is 27.5 Å². The van der Waals surface area contributed by atoms with E-state index in [1.165, 1.54) is 0 Å². The summed E-state index contributed by atoms with van der Waals surface area (Å²) in [6.07, 6.45) is -5.08. The minimum Gasteiger partial charge on any atom is -0.418 e. The van der Waals surface area contributed by atoms with Gasteiger partial charge in [-0.3, -0.25) is 14.6 Å². The molecule has 7 nitrogen and oxygen atoms in total. The average Bonchev–Trinajstić information content (AvgIpc) is 2.97. The second kappa shape index (κ2) is 7.17. The number of piperazine rings is 1. The number of hydrogen-bond acceptors (Lipinski definition) is 6. The molecule has 0 aromatic rings. The van der Waals surface area contributed by atoms with E-state index in [1.54, 1.807) is 6.07 Å². The molecule has 2 rings (SSSR count). The van der Waals surface area contributed by atoms with Crippen LogP contribution in [0.15, 0.2) is 0 Å². The van der Waals surface area contributed by atoms with Gasteiger partial charge in [-0.25, -0.2) is 4.79 Å². The summed E-state index contributed by atoms with van der Waals surface area (Å²) in [5, 5.41) is 12.4. The van der Waals surface area contributed by atoms with Crippen LogP contribution in [0.5, 0.6) is 0 Å². The van der Waals surface area contributed by atoms with Crippen molar-refractivity contribution in [2.75, 3.05) is 26.2 Å². The summed E-state index contributed by atoms with van der Waals surface area (Å²) in [5.74, 6) is -2.99. The Morgan fingerprint density at radius 1 is 1.36 bits per heavy atom. The SMILES string of the molecule is CC(C)N1CCNC(C(=O)N2CCCC2(C#N)OC(=O)C(F)(F)F)C1. The summed E-state index contributed by atoms with van der Waals surface area (Å²) in [6.45, 7) is 5.69. The highest BCUT2D eigenvalue weighted by Gasteiger charge is 2.54. The fourth-order valence-electron chi connectivity index (χ4n) is 3.13. The van der Waals surface area contributed by atoms with Crippen molar-refractivity contribution in [3.05, 3.63) is 0 Å². The van der Waals surface area contributed by atoms with Gasteiger partial charge in [0.05, 0.1) is 6.04 Å². The van der Waals surface area contributed by atoms with E-state index in [-0.39, 0.29) is 25.4 Å². The number of halogens is 3. The lowest BCUT2D eigenvalue weighted by atomic mass is 10.1. The fraction of sp³-hybridized carbons (Fsp3) is 0.800. The minimum absolute atomic E-state index is 0.0669. The molecule has 25 heavy (non-hydrogen) atoms. The fourth-order valence-corrected chi connectivity index (χ4v) is 3.13. The topological polar surface area (TPSA) is 85.7 Å². The van der Waals surface area contributed by atoms with Crippen LogP contribution < -0.4 is 5.32 Å². The number of carbonyl (C=O) groups excluding carboxylic acids is 2. The average molecular weight is 362 g/mol. The van der Waals surface area contributed by atoms with Gasteiger partial charge in [0.25, 0.3) is 5.72 Å². The van der Waals surface area contributed by atoms with Crippen LogP contribution in [0.25, 0.3) is 0 Å². The molecule has 0 saturated carbocycles. The number of ether oxygens (including phenoxy) is 1. The molecule has 0 aromatic heterocycles. The lowest BCUT2D eigenvalue weighted by Crippen LogP contribution is -2.62. The molecule has 0 bridgehead atoms. The molecule has 0 aliphatic carbocycles. The molecular formula is C15H21F3N4O3. The van der Waals surface area contributed by atoms with Crippen LogP contribution in [0.1, 0.15) is 26.7 Å². The molecular weight excluding hydrogens is 341 g/mol. The van der Waals surface area contributed by atoms with Gasteiger partial charge in [0.1, 0.15) is 6.07 Å². The number of hydrogen-bond donors (Lipinski definition) is 1. The van der Waals surface area contributed by atoms with Gasteiger partial charge in [0.2, 0.25) is 5.91 Å². The number of nitrogens with zero attached hydrogens (tertiary/aromatic N) is 3. The molecule has 2 atom stereocenters. The van der Waals surface area contributed by atoms with Gasteiger partial charge in [0, 0.05) is 38.6 Å². The van der Waals surface area contributed by atoms with Crippen molar-refractivity contribution >= 4 is 11.9 Å². The quantitative estimate of drug-likeness (QED) is 0.741. The summed E-state index contributed by atoms with van der Waals surface area (Å²) in [7, 11) is 0. The van der Waals surface area contributed by atoms with E-state index in [9.17, 15) is 28.0 Å². The maximum Gasteiger partial charge on any atom is 0.491 e. The van der Waals surface area contributed by atoms with E-state index >= 15 is 0 Å². The summed E-state index contributed by atoms with van der Waals surface area (Å²) >= 11 is 0. The Hall–Kier alpha value is -1.86. The second-order valence-corrected chi connectivity index (χ2v) is 6.47. The number of carbonyl (C=O) groups is 2. The van der Waals surface area contributed by atoms with Crippen molar-refractivity contribution in [1.82, 2.24) is 15.1 Å². The molecule has 0 aromatic carbocycles. The van der Waals surface area contributed by atoms with Crippen molar-refractivity contribution in [1.29, 1.82) is 5.26 Å². The smallest absolute Gasteiger partial charge is 0.418 e. The van der Waals surface area contributed by atoms with E-state index in [0.29, 0.717) is 13.1 Å². The molecule has 2 unspecified atom stereocenters. The number of likely N-dealkylation sites (tertiary alicyclic amines) is 1.